The van der Waals surface area contributed by atoms with E-state index in [9.17, 15) is 4.79 Å². The Kier molecular flexibility index (Phi) is 5.67. The number of amides is 1. The lowest BCUT2D eigenvalue weighted by Crippen LogP contribution is -2.52. The van der Waals surface area contributed by atoms with E-state index in [0.717, 1.165) is 64.6 Å². The van der Waals surface area contributed by atoms with E-state index in [1.165, 1.54) is 6.42 Å². The third-order valence-corrected chi connectivity index (χ3v) is 5.00. The van der Waals surface area contributed by atoms with Crippen molar-refractivity contribution in [2.24, 2.45) is 0 Å². The molecule has 0 N–H and O–H groups in total. The summed E-state index contributed by atoms with van der Waals surface area (Å²) in [4.78, 5) is 21.4. The standard InChI is InChI=1S/C17H28N4O2/c1-2-16-18-6-9-20(16)8-5-17(22)21-7-3-4-15(14-21)19-10-12-23-13-11-19/h6,9,15H,2-5,7-8,10-14H2,1H3. The lowest BCUT2D eigenvalue weighted by Gasteiger charge is -2.41. The fourth-order valence-corrected chi connectivity index (χ4v) is 3.65. The molecule has 1 amide bonds. The number of imidazole rings is 1. The van der Waals surface area contributed by atoms with Crippen molar-refractivity contribution >= 4 is 5.91 Å². The Morgan fingerprint density at radius 2 is 2.17 bits per heavy atom. The van der Waals surface area contributed by atoms with Crippen molar-refractivity contribution in [3.05, 3.63) is 18.2 Å². The summed E-state index contributed by atoms with van der Waals surface area (Å²) in [6, 6.07) is 0.510. The molecule has 2 saturated heterocycles. The van der Waals surface area contributed by atoms with Crippen LogP contribution in [0.4, 0.5) is 0 Å². The van der Waals surface area contributed by atoms with E-state index in [2.05, 4.69) is 26.3 Å². The first-order chi connectivity index (χ1) is 11.3. The van der Waals surface area contributed by atoms with Crippen molar-refractivity contribution in [3.63, 3.8) is 0 Å². The fourth-order valence-electron chi connectivity index (χ4n) is 3.65. The SMILES string of the molecule is CCc1nccn1CCC(=O)N1CCCC(N2CCOCC2)C1. The maximum Gasteiger partial charge on any atom is 0.224 e. The predicted molar refractivity (Wildman–Crippen MR) is 88.2 cm³/mol. The van der Waals surface area contributed by atoms with Gasteiger partial charge in [-0.25, -0.2) is 4.98 Å². The van der Waals surface area contributed by atoms with Crippen molar-refractivity contribution < 1.29 is 9.53 Å². The van der Waals surface area contributed by atoms with E-state index in [1.807, 2.05) is 12.4 Å². The molecule has 0 aliphatic carbocycles. The van der Waals surface area contributed by atoms with Crippen LogP contribution in [0, 0.1) is 0 Å². The molecular weight excluding hydrogens is 292 g/mol. The highest BCUT2D eigenvalue weighted by atomic mass is 16.5. The first-order valence-corrected chi connectivity index (χ1v) is 8.87. The number of aryl methyl sites for hydroxylation is 2. The minimum absolute atomic E-state index is 0.277. The quantitative estimate of drug-likeness (QED) is 0.817. The molecule has 23 heavy (non-hydrogen) atoms. The molecular formula is C17H28N4O2. The molecule has 2 aliphatic rings. The van der Waals surface area contributed by atoms with Crippen LogP contribution in [0.25, 0.3) is 0 Å². The number of carbonyl (C=O) groups is 1. The number of ether oxygens (including phenoxy) is 1. The van der Waals surface area contributed by atoms with Gasteiger partial charge in [0.1, 0.15) is 5.82 Å². The Balaban J connectivity index is 1.50. The van der Waals surface area contributed by atoms with Gasteiger partial charge in [0, 0.05) is 64.0 Å². The Bertz CT molecular complexity index is 510. The van der Waals surface area contributed by atoms with Crippen LogP contribution in [0.3, 0.4) is 0 Å². The van der Waals surface area contributed by atoms with Crippen LogP contribution in [0.1, 0.15) is 32.0 Å². The number of carbonyl (C=O) groups excluding carboxylic acids is 1. The molecule has 0 bridgehead atoms. The zero-order valence-electron chi connectivity index (χ0n) is 14.1. The minimum Gasteiger partial charge on any atom is -0.379 e. The third-order valence-electron chi connectivity index (χ3n) is 5.00. The van der Waals surface area contributed by atoms with E-state index >= 15 is 0 Å². The number of likely N-dealkylation sites (tertiary alicyclic amines) is 1. The van der Waals surface area contributed by atoms with Gasteiger partial charge >= 0.3 is 0 Å². The van der Waals surface area contributed by atoms with E-state index in [0.29, 0.717) is 12.5 Å². The van der Waals surface area contributed by atoms with Gasteiger partial charge in [0.15, 0.2) is 0 Å². The summed E-state index contributed by atoms with van der Waals surface area (Å²) in [5, 5.41) is 0. The Morgan fingerprint density at radius 3 is 2.96 bits per heavy atom. The van der Waals surface area contributed by atoms with Gasteiger partial charge in [0.05, 0.1) is 13.2 Å². The molecule has 3 heterocycles. The summed E-state index contributed by atoms with van der Waals surface area (Å²) in [6.07, 6.45) is 7.57. The molecule has 3 rings (SSSR count). The van der Waals surface area contributed by atoms with Crippen LogP contribution >= 0.6 is 0 Å². The maximum absolute atomic E-state index is 12.6. The van der Waals surface area contributed by atoms with Gasteiger partial charge in [-0.3, -0.25) is 9.69 Å². The zero-order valence-corrected chi connectivity index (χ0v) is 14.1. The molecule has 1 atom stereocenters. The average Bonchev–Trinajstić information content (AvgIpc) is 3.08. The Morgan fingerprint density at radius 1 is 1.35 bits per heavy atom. The molecule has 6 nitrogen and oxygen atoms in total. The van der Waals surface area contributed by atoms with Crippen LogP contribution in [0.15, 0.2) is 12.4 Å². The van der Waals surface area contributed by atoms with Gasteiger partial charge in [-0.15, -0.1) is 0 Å². The van der Waals surface area contributed by atoms with Crippen molar-refractivity contribution in [1.29, 1.82) is 0 Å². The van der Waals surface area contributed by atoms with E-state index in [1.54, 1.807) is 0 Å². The second-order valence-corrected chi connectivity index (χ2v) is 6.42. The molecule has 1 aromatic rings. The van der Waals surface area contributed by atoms with Crippen molar-refractivity contribution in [2.45, 2.75) is 45.2 Å². The van der Waals surface area contributed by atoms with Crippen LogP contribution in [-0.4, -0.2) is 70.7 Å². The van der Waals surface area contributed by atoms with Gasteiger partial charge in [-0.1, -0.05) is 6.92 Å². The first kappa shape index (κ1) is 16.5. The number of morpholine rings is 1. The molecule has 2 fully saturated rings. The van der Waals surface area contributed by atoms with Crippen LogP contribution in [-0.2, 0) is 22.5 Å². The molecule has 2 aliphatic heterocycles. The zero-order chi connectivity index (χ0) is 16.1. The summed E-state index contributed by atoms with van der Waals surface area (Å²) >= 11 is 0. The van der Waals surface area contributed by atoms with Gasteiger partial charge in [0.25, 0.3) is 0 Å². The molecule has 0 radical (unpaired) electrons. The summed E-state index contributed by atoms with van der Waals surface area (Å²) in [6.45, 7) is 8.27. The highest BCUT2D eigenvalue weighted by molar-refractivity contribution is 5.76. The minimum atomic E-state index is 0.277. The molecule has 0 saturated carbocycles. The topological polar surface area (TPSA) is 50.6 Å². The normalized spacial score (nSPS) is 23.2. The monoisotopic (exact) mass is 320 g/mol. The predicted octanol–water partition coefficient (Wildman–Crippen LogP) is 1.16. The van der Waals surface area contributed by atoms with E-state index in [4.69, 9.17) is 4.74 Å². The Hall–Kier alpha value is -1.40. The lowest BCUT2D eigenvalue weighted by molar-refractivity contribution is -0.134. The number of rotatable bonds is 5. The van der Waals surface area contributed by atoms with Gasteiger partial charge in [-0.05, 0) is 12.8 Å². The average molecular weight is 320 g/mol. The molecule has 0 spiro atoms. The van der Waals surface area contributed by atoms with Gasteiger partial charge < -0.3 is 14.2 Å². The van der Waals surface area contributed by atoms with Crippen LogP contribution in [0.5, 0.6) is 0 Å². The summed E-state index contributed by atoms with van der Waals surface area (Å²) < 4.78 is 7.53. The summed E-state index contributed by atoms with van der Waals surface area (Å²) in [5.41, 5.74) is 0. The fraction of sp³-hybridized carbons (Fsp3) is 0.765. The number of nitrogens with zero attached hydrogens (tertiary/aromatic N) is 4. The van der Waals surface area contributed by atoms with Crippen LogP contribution < -0.4 is 0 Å². The van der Waals surface area contributed by atoms with Crippen LogP contribution in [0.2, 0.25) is 0 Å². The summed E-state index contributed by atoms with van der Waals surface area (Å²) in [5.74, 6) is 1.33. The third kappa shape index (κ3) is 4.12. The second kappa shape index (κ2) is 7.93. The van der Waals surface area contributed by atoms with Crippen molar-refractivity contribution in [2.75, 3.05) is 39.4 Å². The first-order valence-electron chi connectivity index (χ1n) is 8.87. The molecule has 128 valence electrons. The Labute approximate surface area is 138 Å². The second-order valence-electron chi connectivity index (χ2n) is 6.42. The number of hydrogen-bond acceptors (Lipinski definition) is 4. The lowest BCUT2D eigenvalue weighted by atomic mass is 10.0. The molecule has 6 heteroatoms. The number of hydrogen-bond donors (Lipinski definition) is 0. The largest absolute Gasteiger partial charge is 0.379 e. The molecule has 1 aromatic heterocycles. The summed E-state index contributed by atoms with van der Waals surface area (Å²) in [7, 11) is 0. The van der Waals surface area contributed by atoms with Crippen molar-refractivity contribution in [3.8, 4) is 0 Å². The maximum atomic E-state index is 12.6. The van der Waals surface area contributed by atoms with Gasteiger partial charge in [-0.2, -0.15) is 0 Å². The van der Waals surface area contributed by atoms with Crippen molar-refractivity contribution in [1.82, 2.24) is 19.4 Å². The highest BCUT2D eigenvalue weighted by Gasteiger charge is 2.28. The van der Waals surface area contributed by atoms with E-state index < -0.39 is 0 Å². The molecule has 1 unspecified atom stereocenters. The smallest absolute Gasteiger partial charge is 0.224 e. The van der Waals surface area contributed by atoms with E-state index in [-0.39, 0.29) is 5.91 Å². The number of piperidine rings is 1. The highest BCUT2D eigenvalue weighted by Crippen LogP contribution is 2.18. The molecule has 0 aromatic carbocycles. The van der Waals surface area contributed by atoms with Gasteiger partial charge in [0.2, 0.25) is 5.91 Å². The number of aromatic nitrogens is 2.